The van der Waals surface area contributed by atoms with Gasteiger partial charge in [-0.1, -0.05) is 30.3 Å². The number of benzene rings is 2. The second-order valence-corrected chi connectivity index (χ2v) is 5.94. The fourth-order valence-corrected chi connectivity index (χ4v) is 3.09. The number of anilines is 1. The van der Waals surface area contributed by atoms with Gasteiger partial charge in [-0.15, -0.1) is 11.8 Å². The van der Waals surface area contributed by atoms with Crippen LogP contribution in [0, 0.1) is 0 Å². The monoisotopic (exact) mass is 284 g/mol. The first kappa shape index (κ1) is 13.5. The summed E-state index contributed by atoms with van der Waals surface area (Å²) in [5.74, 6) is 0. The maximum Gasteiger partial charge on any atom is 0.0498 e. The Morgan fingerprint density at radius 3 is 2.50 bits per heavy atom. The van der Waals surface area contributed by atoms with Crippen LogP contribution in [0.5, 0.6) is 0 Å². The van der Waals surface area contributed by atoms with Crippen LogP contribution in [0.15, 0.2) is 59.5 Å². The van der Waals surface area contributed by atoms with E-state index in [2.05, 4.69) is 71.1 Å². The van der Waals surface area contributed by atoms with Crippen molar-refractivity contribution in [1.82, 2.24) is 5.32 Å². The Hall–Kier alpha value is -1.45. The Balaban J connectivity index is 1.74. The molecule has 0 bridgehead atoms. The highest BCUT2D eigenvalue weighted by Gasteiger charge is 2.20. The van der Waals surface area contributed by atoms with Crippen LogP contribution >= 0.6 is 11.8 Å². The van der Waals surface area contributed by atoms with Crippen LogP contribution in [0.2, 0.25) is 0 Å². The normalized spacial score (nSPS) is 19.1. The number of rotatable bonds is 3. The maximum absolute atomic E-state index is 3.61. The molecule has 1 saturated heterocycles. The summed E-state index contributed by atoms with van der Waals surface area (Å²) in [6.45, 7) is 3.13. The highest BCUT2D eigenvalue weighted by atomic mass is 32.2. The molecule has 0 amide bonds. The number of nitrogens with zero attached hydrogens (tertiary/aromatic N) is 1. The quantitative estimate of drug-likeness (QED) is 0.868. The summed E-state index contributed by atoms with van der Waals surface area (Å²) in [6, 6.07) is 20.0. The summed E-state index contributed by atoms with van der Waals surface area (Å²) in [4.78, 5) is 3.79. The maximum atomic E-state index is 3.61. The Bertz CT molecular complexity index is 539. The van der Waals surface area contributed by atoms with E-state index in [1.165, 1.54) is 16.1 Å². The number of hydrogen-bond donors (Lipinski definition) is 1. The molecule has 1 aliphatic rings. The average molecular weight is 284 g/mol. The predicted molar refractivity (Wildman–Crippen MR) is 87.6 cm³/mol. The fraction of sp³-hybridized carbons (Fsp3) is 0.294. The lowest BCUT2D eigenvalue weighted by molar-refractivity contribution is 0.472. The van der Waals surface area contributed by atoms with E-state index in [4.69, 9.17) is 0 Å². The van der Waals surface area contributed by atoms with Crippen LogP contribution in [-0.2, 0) is 0 Å². The van der Waals surface area contributed by atoms with Crippen molar-refractivity contribution in [2.45, 2.75) is 10.9 Å². The molecule has 2 aromatic rings. The number of hydrogen-bond acceptors (Lipinski definition) is 3. The molecule has 1 fully saturated rings. The van der Waals surface area contributed by atoms with Crippen molar-refractivity contribution >= 4 is 17.4 Å². The van der Waals surface area contributed by atoms with E-state index in [-0.39, 0.29) is 0 Å². The molecular weight excluding hydrogens is 264 g/mol. The Kier molecular flexibility index (Phi) is 4.28. The third-order valence-corrected chi connectivity index (χ3v) is 4.56. The van der Waals surface area contributed by atoms with E-state index >= 15 is 0 Å². The summed E-state index contributed by atoms with van der Waals surface area (Å²) in [5.41, 5.74) is 2.70. The highest BCUT2D eigenvalue weighted by molar-refractivity contribution is 7.98. The summed E-state index contributed by atoms with van der Waals surface area (Å²) >= 11 is 1.79. The molecule has 2 aromatic carbocycles. The zero-order valence-electron chi connectivity index (χ0n) is 11.8. The van der Waals surface area contributed by atoms with Crippen molar-refractivity contribution in [1.29, 1.82) is 0 Å². The third kappa shape index (κ3) is 3.00. The lowest BCUT2D eigenvalue weighted by atomic mass is 10.0. The minimum absolute atomic E-state index is 0.421. The fourth-order valence-electron chi connectivity index (χ4n) is 2.69. The van der Waals surface area contributed by atoms with Gasteiger partial charge < -0.3 is 10.2 Å². The number of thioether (sulfide) groups is 1. The molecule has 1 atom stereocenters. The van der Waals surface area contributed by atoms with Gasteiger partial charge in [-0.05, 0) is 36.1 Å². The van der Waals surface area contributed by atoms with Crippen molar-refractivity contribution in [2.24, 2.45) is 0 Å². The van der Waals surface area contributed by atoms with Crippen LogP contribution in [-0.4, -0.2) is 25.9 Å². The summed E-state index contributed by atoms with van der Waals surface area (Å²) < 4.78 is 0. The molecule has 0 radical (unpaired) electrons. The van der Waals surface area contributed by atoms with Crippen molar-refractivity contribution in [2.75, 3.05) is 30.8 Å². The molecule has 0 spiro atoms. The van der Waals surface area contributed by atoms with Crippen molar-refractivity contribution in [3.63, 3.8) is 0 Å². The molecule has 20 heavy (non-hydrogen) atoms. The molecule has 3 heteroatoms. The van der Waals surface area contributed by atoms with Gasteiger partial charge >= 0.3 is 0 Å². The van der Waals surface area contributed by atoms with Gasteiger partial charge in [0, 0.05) is 36.3 Å². The van der Waals surface area contributed by atoms with Gasteiger partial charge in [0.1, 0.15) is 0 Å². The summed E-state index contributed by atoms with van der Waals surface area (Å²) in [7, 11) is 0. The molecule has 2 nitrogen and oxygen atoms in total. The summed E-state index contributed by atoms with van der Waals surface area (Å²) in [5, 5.41) is 3.61. The molecule has 3 rings (SSSR count). The van der Waals surface area contributed by atoms with Gasteiger partial charge in [0.05, 0.1) is 0 Å². The van der Waals surface area contributed by atoms with Gasteiger partial charge in [-0.3, -0.25) is 0 Å². The lowest BCUT2D eigenvalue weighted by Gasteiger charge is -2.35. The van der Waals surface area contributed by atoms with Gasteiger partial charge in [0.25, 0.3) is 0 Å². The summed E-state index contributed by atoms with van der Waals surface area (Å²) in [6.07, 6.45) is 2.12. The Morgan fingerprint density at radius 1 is 1.05 bits per heavy atom. The Labute approximate surface area is 125 Å². The molecule has 1 aliphatic heterocycles. The minimum Gasteiger partial charge on any atom is -0.368 e. The van der Waals surface area contributed by atoms with Gasteiger partial charge in [0.15, 0.2) is 0 Å². The zero-order chi connectivity index (χ0) is 13.8. The van der Waals surface area contributed by atoms with E-state index < -0.39 is 0 Å². The second-order valence-electron chi connectivity index (χ2n) is 5.06. The predicted octanol–water partition coefficient (Wildman–Crippen LogP) is 3.56. The molecule has 1 unspecified atom stereocenters. The van der Waals surface area contributed by atoms with E-state index in [1.54, 1.807) is 11.8 Å². The van der Waals surface area contributed by atoms with E-state index in [0.29, 0.717) is 6.04 Å². The average Bonchev–Trinajstić information content (AvgIpc) is 2.56. The van der Waals surface area contributed by atoms with Crippen molar-refractivity contribution < 1.29 is 0 Å². The number of piperazine rings is 1. The van der Waals surface area contributed by atoms with Gasteiger partial charge in [-0.2, -0.15) is 0 Å². The van der Waals surface area contributed by atoms with Crippen LogP contribution in [0.25, 0.3) is 0 Å². The molecule has 0 aromatic heterocycles. The van der Waals surface area contributed by atoms with Gasteiger partial charge in [0.2, 0.25) is 0 Å². The van der Waals surface area contributed by atoms with E-state index in [0.717, 1.165) is 19.6 Å². The molecule has 1 N–H and O–H groups in total. The minimum atomic E-state index is 0.421. The SMILES string of the molecule is CSc1ccc(N2CCNC(c3ccccc3)C2)cc1. The molecule has 1 heterocycles. The van der Waals surface area contributed by atoms with Crippen LogP contribution in [0.4, 0.5) is 5.69 Å². The molecular formula is C17H20N2S. The topological polar surface area (TPSA) is 15.3 Å². The first-order valence-corrected chi connectivity index (χ1v) is 8.26. The van der Waals surface area contributed by atoms with Crippen LogP contribution in [0.3, 0.4) is 0 Å². The van der Waals surface area contributed by atoms with Gasteiger partial charge in [-0.25, -0.2) is 0 Å². The smallest absolute Gasteiger partial charge is 0.0498 e. The molecule has 104 valence electrons. The highest BCUT2D eigenvalue weighted by Crippen LogP contribution is 2.24. The molecule has 0 saturated carbocycles. The van der Waals surface area contributed by atoms with Crippen LogP contribution < -0.4 is 10.2 Å². The lowest BCUT2D eigenvalue weighted by Crippen LogP contribution is -2.45. The molecule has 0 aliphatic carbocycles. The number of nitrogens with one attached hydrogen (secondary N) is 1. The van der Waals surface area contributed by atoms with Crippen molar-refractivity contribution in [3.05, 3.63) is 60.2 Å². The zero-order valence-corrected chi connectivity index (χ0v) is 12.6. The Morgan fingerprint density at radius 2 is 1.80 bits per heavy atom. The third-order valence-electron chi connectivity index (χ3n) is 3.81. The first-order chi connectivity index (χ1) is 9.86. The van der Waals surface area contributed by atoms with Crippen LogP contribution in [0.1, 0.15) is 11.6 Å². The second kappa shape index (κ2) is 6.33. The van der Waals surface area contributed by atoms with Crippen molar-refractivity contribution in [3.8, 4) is 0 Å². The first-order valence-electron chi connectivity index (χ1n) is 7.04. The standard InChI is InChI=1S/C17H20N2S/c1-20-16-9-7-15(8-10-16)19-12-11-18-17(13-19)14-5-3-2-4-6-14/h2-10,17-18H,11-13H2,1H3. The largest absolute Gasteiger partial charge is 0.368 e. The van der Waals surface area contributed by atoms with E-state index in [1.807, 2.05) is 0 Å². The van der Waals surface area contributed by atoms with E-state index in [9.17, 15) is 0 Å².